The molecule has 124 valence electrons. The van der Waals surface area contributed by atoms with Gasteiger partial charge in [0.25, 0.3) is 5.91 Å². The van der Waals surface area contributed by atoms with Crippen LogP contribution in [0, 0.1) is 19.8 Å². The zero-order valence-corrected chi connectivity index (χ0v) is 13.7. The highest BCUT2D eigenvalue weighted by Crippen LogP contribution is 2.33. The normalized spacial score (nSPS) is 21.3. The lowest BCUT2D eigenvalue weighted by atomic mass is 9.90. The number of hydrogen-bond donors (Lipinski definition) is 1. The summed E-state index contributed by atoms with van der Waals surface area (Å²) >= 11 is 0. The van der Waals surface area contributed by atoms with Crippen molar-refractivity contribution in [3.8, 4) is 0 Å². The number of hydrogen-bond acceptors (Lipinski definition) is 5. The Morgan fingerprint density at radius 2 is 2.30 bits per heavy atom. The molecule has 3 rings (SSSR count). The molecule has 7 nitrogen and oxygen atoms in total. The summed E-state index contributed by atoms with van der Waals surface area (Å²) < 4.78 is 12.8. The fraction of sp³-hybridized carbons (Fsp3) is 0.562. The van der Waals surface area contributed by atoms with Gasteiger partial charge in [0.2, 0.25) is 0 Å². The number of amides is 1. The van der Waals surface area contributed by atoms with Crippen molar-refractivity contribution in [2.75, 3.05) is 13.2 Å². The van der Waals surface area contributed by atoms with Crippen molar-refractivity contribution >= 4 is 5.91 Å². The van der Waals surface area contributed by atoms with Gasteiger partial charge in [0, 0.05) is 37.9 Å². The second kappa shape index (κ2) is 6.54. The molecule has 1 amide bonds. The average Bonchev–Trinajstić information content (AvgIpc) is 3.11. The third-order valence-electron chi connectivity index (χ3n) is 4.28. The van der Waals surface area contributed by atoms with Gasteiger partial charge < -0.3 is 14.6 Å². The topological polar surface area (TPSA) is 82.2 Å². The fourth-order valence-corrected chi connectivity index (χ4v) is 3.13. The lowest BCUT2D eigenvalue weighted by Gasteiger charge is -2.31. The SMILES string of the molecule is Cc1noc(C)c1C(=O)NC[C@@H]1CCCO[C@H]1c1cnn(C)c1. The van der Waals surface area contributed by atoms with E-state index < -0.39 is 0 Å². The first-order chi connectivity index (χ1) is 11.1. The van der Waals surface area contributed by atoms with E-state index in [0.29, 0.717) is 23.6 Å². The van der Waals surface area contributed by atoms with E-state index in [2.05, 4.69) is 15.6 Å². The number of aromatic nitrogens is 3. The molecule has 23 heavy (non-hydrogen) atoms. The van der Waals surface area contributed by atoms with Gasteiger partial charge in [-0.15, -0.1) is 0 Å². The van der Waals surface area contributed by atoms with E-state index in [1.807, 2.05) is 19.4 Å². The fourth-order valence-electron chi connectivity index (χ4n) is 3.13. The maximum atomic E-state index is 12.4. The van der Waals surface area contributed by atoms with E-state index in [-0.39, 0.29) is 17.9 Å². The predicted octanol–water partition coefficient (Wildman–Crippen LogP) is 1.92. The van der Waals surface area contributed by atoms with Crippen LogP contribution in [0.4, 0.5) is 0 Å². The molecule has 0 aromatic carbocycles. The minimum absolute atomic E-state index is 0.0255. The summed E-state index contributed by atoms with van der Waals surface area (Å²) in [5.74, 6) is 0.637. The van der Waals surface area contributed by atoms with Gasteiger partial charge in [-0.2, -0.15) is 5.10 Å². The molecule has 0 bridgehead atoms. The summed E-state index contributed by atoms with van der Waals surface area (Å²) in [6.07, 6.45) is 5.80. The molecule has 3 heterocycles. The van der Waals surface area contributed by atoms with Gasteiger partial charge >= 0.3 is 0 Å². The van der Waals surface area contributed by atoms with Gasteiger partial charge in [-0.25, -0.2) is 0 Å². The average molecular weight is 318 g/mol. The van der Waals surface area contributed by atoms with Gasteiger partial charge in [0.05, 0.1) is 18.0 Å². The molecular weight excluding hydrogens is 296 g/mol. The van der Waals surface area contributed by atoms with E-state index >= 15 is 0 Å². The van der Waals surface area contributed by atoms with E-state index in [9.17, 15) is 4.79 Å². The molecule has 1 N–H and O–H groups in total. The first-order valence-corrected chi connectivity index (χ1v) is 7.87. The molecule has 1 saturated heterocycles. The largest absolute Gasteiger partial charge is 0.373 e. The Kier molecular flexibility index (Phi) is 4.47. The van der Waals surface area contributed by atoms with Crippen molar-refractivity contribution in [3.63, 3.8) is 0 Å². The zero-order chi connectivity index (χ0) is 16.4. The maximum Gasteiger partial charge on any atom is 0.256 e. The smallest absolute Gasteiger partial charge is 0.256 e. The molecule has 2 atom stereocenters. The second-order valence-electron chi connectivity index (χ2n) is 6.05. The Morgan fingerprint density at radius 3 is 2.96 bits per heavy atom. The van der Waals surface area contributed by atoms with Gasteiger partial charge in [0.15, 0.2) is 0 Å². The summed E-state index contributed by atoms with van der Waals surface area (Å²) in [7, 11) is 1.89. The summed E-state index contributed by atoms with van der Waals surface area (Å²) in [6.45, 7) is 4.82. The summed E-state index contributed by atoms with van der Waals surface area (Å²) in [5, 5.41) is 11.0. The van der Waals surface area contributed by atoms with Gasteiger partial charge in [0.1, 0.15) is 11.3 Å². The standard InChI is InChI=1S/C16H22N4O3/c1-10-14(11(2)23-19-10)16(21)17-7-12-5-4-6-22-15(12)13-8-18-20(3)9-13/h8-9,12,15H,4-7H2,1-3H3,(H,17,21)/t12-,15+/m0/s1. The van der Waals surface area contributed by atoms with Crippen molar-refractivity contribution in [2.24, 2.45) is 13.0 Å². The van der Waals surface area contributed by atoms with Crippen LogP contribution in [0.1, 0.15) is 46.3 Å². The number of rotatable bonds is 4. The van der Waals surface area contributed by atoms with Crippen molar-refractivity contribution in [1.82, 2.24) is 20.3 Å². The van der Waals surface area contributed by atoms with Crippen LogP contribution in [-0.2, 0) is 11.8 Å². The molecule has 0 unspecified atom stereocenters. The van der Waals surface area contributed by atoms with E-state index in [1.165, 1.54) is 0 Å². The van der Waals surface area contributed by atoms with Crippen LogP contribution in [0.25, 0.3) is 0 Å². The van der Waals surface area contributed by atoms with Gasteiger partial charge in [-0.05, 0) is 26.7 Å². The quantitative estimate of drug-likeness (QED) is 0.931. The third kappa shape index (κ3) is 3.29. The molecule has 0 aliphatic carbocycles. The van der Waals surface area contributed by atoms with E-state index in [0.717, 1.165) is 25.0 Å². The summed E-state index contributed by atoms with van der Waals surface area (Å²) in [6, 6.07) is 0. The lowest BCUT2D eigenvalue weighted by molar-refractivity contribution is -0.0273. The molecule has 1 aliphatic heterocycles. The molecule has 1 fully saturated rings. The number of nitrogens with zero attached hydrogens (tertiary/aromatic N) is 3. The number of nitrogens with one attached hydrogen (secondary N) is 1. The van der Waals surface area contributed by atoms with Gasteiger partial charge in [-0.3, -0.25) is 9.48 Å². The van der Waals surface area contributed by atoms with Crippen molar-refractivity contribution < 1.29 is 14.1 Å². The maximum absolute atomic E-state index is 12.4. The Balaban J connectivity index is 1.67. The molecule has 0 spiro atoms. The molecule has 2 aromatic heterocycles. The van der Waals surface area contributed by atoms with Crippen LogP contribution < -0.4 is 5.32 Å². The predicted molar refractivity (Wildman–Crippen MR) is 82.9 cm³/mol. The first-order valence-electron chi connectivity index (χ1n) is 7.87. The Hall–Kier alpha value is -2.15. The van der Waals surface area contributed by atoms with Crippen LogP contribution in [0.2, 0.25) is 0 Å². The minimum atomic E-state index is -0.142. The molecule has 0 radical (unpaired) electrons. The highest BCUT2D eigenvalue weighted by Gasteiger charge is 2.29. The zero-order valence-electron chi connectivity index (χ0n) is 13.7. The summed E-state index contributed by atoms with van der Waals surface area (Å²) in [4.78, 5) is 12.4. The van der Waals surface area contributed by atoms with Gasteiger partial charge in [-0.1, -0.05) is 5.16 Å². The van der Waals surface area contributed by atoms with Crippen LogP contribution in [0.3, 0.4) is 0 Å². The third-order valence-corrected chi connectivity index (χ3v) is 4.28. The second-order valence-corrected chi connectivity index (χ2v) is 6.05. The molecule has 1 aliphatic rings. The Labute approximate surface area is 135 Å². The number of carbonyl (C=O) groups excluding carboxylic acids is 1. The molecule has 7 heteroatoms. The van der Waals surface area contributed by atoms with Crippen LogP contribution in [-0.4, -0.2) is 34.0 Å². The number of aryl methyl sites for hydroxylation is 3. The first kappa shape index (κ1) is 15.7. The molecular formula is C16H22N4O3. The number of ether oxygens (including phenoxy) is 1. The number of carbonyl (C=O) groups is 1. The van der Waals surface area contributed by atoms with E-state index in [1.54, 1.807) is 18.5 Å². The monoisotopic (exact) mass is 318 g/mol. The summed E-state index contributed by atoms with van der Waals surface area (Å²) in [5.41, 5.74) is 2.20. The highest BCUT2D eigenvalue weighted by atomic mass is 16.5. The molecule has 2 aromatic rings. The van der Waals surface area contributed by atoms with Crippen LogP contribution >= 0.6 is 0 Å². The lowest BCUT2D eigenvalue weighted by Crippen LogP contribution is -2.35. The van der Waals surface area contributed by atoms with Crippen LogP contribution in [0.5, 0.6) is 0 Å². The Morgan fingerprint density at radius 1 is 1.48 bits per heavy atom. The van der Waals surface area contributed by atoms with Crippen molar-refractivity contribution in [2.45, 2.75) is 32.8 Å². The van der Waals surface area contributed by atoms with Crippen LogP contribution in [0.15, 0.2) is 16.9 Å². The Bertz CT molecular complexity index is 672. The van der Waals surface area contributed by atoms with Crippen molar-refractivity contribution in [3.05, 3.63) is 35.0 Å². The minimum Gasteiger partial charge on any atom is -0.373 e. The highest BCUT2D eigenvalue weighted by molar-refractivity contribution is 5.96. The molecule has 0 saturated carbocycles. The van der Waals surface area contributed by atoms with Crippen molar-refractivity contribution in [1.29, 1.82) is 0 Å². The van der Waals surface area contributed by atoms with E-state index in [4.69, 9.17) is 9.26 Å².